The van der Waals surface area contributed by atoms with Gasteiger partial charge in [0.2, 0.25) is 0 Å². The van der Waals surface area contributed by atoms with Crippen molar-refractivity contribution in [2.45, 2.75) is 10.6 Å². The molecule has 0 amide bonds. The lowest BCUT2D eigenvalue weighted by molar-refractivity contribution is 0.481. The number of thioether (sulfide) groups is 1. The van der Waals surface area contributed by atoms with Crippen molar-refractivity contribution < 1.29 is 5.11 Å². The predicted octanol–water partition coefficient (Wildman–Crippen LogP) is 5.60. The van der Waals surface area contributed by atoms with Crippen LogP contribution >= 0.6 is 27.7 Å². The third kappa shape index (κ3) is 2.84. The van der Waals surface area contributed by atoms with E-state index in [1.165, 1.54) is 10.5 Å². The number of hydrogen-bond donors (Lipinski definition) is 1. The van der Waals surface area contributed by atoms with Gasteiger partial charge < -0.3 is 5.11 Å². The molecule has 1 N–H and O–H groups in total. The fraction of sp³-hybridized carbons (Fsp3) is 0.0588. The zero-order valence-corrected chi connectivity index (χ0v) is 13.1. The molecule has 20 heavy (non-hydrogen) atoms. The Balaban J connectivity index is 1.88. The van der Waals surface area contributed by atoms with E-state index in [9.17, 15) is 5.11 Å². The van der Waals surface area contributed by atoms with E-state index in [0.717, 1.165) is 21.0 Å². The van der Waals surface area contributed by atoms with Gasteiger partial charge in [0, 0.05) is 20.5 Å². The molecule has 0 saturated heterocycles. The van der Waals surface area contributed by atoms with E-state index in [0.29, 0.717) is 5.75 Å². The zero-order chi connectivity index (χ0) is 13.9. The van der Waals surface area contributed by atoms with Crippen molar-refractivity contribution in [3.63, 3.8) is 0 Å². The number of hydrogen-bond acceptors (Lipinski definition) is 2. The second-order valence-corrected chi connectivity index (χ2v) is 6.48. The molecule has 0 saturated carbocycles. The number of aromatic hydroxyl groups is 1. The SMILES string of the molecule is Oc1ccc(SCc2ccc(Br)cc2)c2ccccc12. The summed E-state index contributed by atoms with van der Waals surface area (Å²) in [7, 11) is 0. The van der Waals surface area contributed by atoms with E-state index in [-0.39, 0.29) is 0 Å². The maximum atomic E-state index is 9.90. The maximum Gasteiger partial charge on any atom is 0.123 e. The zero-order valence-electron chi connectivity index (χ0n) is 10.7. The molecule has 3 rings (SSSR count). The molecule has 0 spiro atoms. The van der Waals surface area contributed by atoms with Crippen molar-refractivity contribution in [1.82, 2.24) is 0 Å². The van der Waals surface area contributed by atoms with E-state index in [4.69, 9.17) is 0 Å². The highest BCUT2D eigenvalue weighted by molar-refractivity contribution is 9.10. The smallest absolute Gasteiger partial charge is 0.123 e. The Hall–Kier alpha value is -1.45. The number of halogens is 1. The van der Waals surface area contributed by atoms with Crippen LogP contribution in [0.25, 0.3) is 10.8 Å². The molecule has 0 atom stereocenters. The molecule has 0 bridgehead atoms. The molecule has 1 nitrogen and oxygen atoms in total. The van der Waals surface area contributed by atoms with E-state index in [1.54, 1.807) is 17.8 Å². The molecular formula is C17H13BrOS. The van der Waals surface area contributed by atoms with Crippen molar-refractivity contribution in [3.8, 4) is 5.75 Å². The van der Waals surface area contributed by atoms with E-state index in [1.807, 2.05) is 24.3 Å². The highest BCUT2D eigenvalue weighted by atomic mass is 79.9. The molecule has 0 unspecified atom stereocenters. The van der Waals surface area contributed by atoms with Gasteiger partial charge in [-0.15, -0.1) is 11.8 Å². The topological polar surface area (TPSA) is 20.2 Å². The lowest BCUT2D eigenvalue weighted by Crippen LogP contribution is -1.82. The van der Waals surface area contributed by atoms with Crippen molar-refractivity contribution in [2.75, 3.05) is 0 Å². The predicted molar refractivity (Wildman–Crippen MR) is 89.3 cm³/mol. The minimum atomic E-state index is 0.341. The largest absolute Gasteiger partial charge is 0.507 e. The average molecular weight is 345 g/mol. The minimum absolute atomic E-state index is 0.341. The van der Waals surface area contributed by atoms with Gasteiger partial charge in [0.05, 0.1) is 0 Å². The van der Waals surface area contributed by atoms with E-state index < -0.39 is 0 Å². The molecule has 100 valence electrons. The number of phenolic OH excluding ortho intramolecular Hbond substituents is 1. The first kappa shape index (κ1) is 13.5. The fourth-order valence-electron chi connectivity index (χ4n) is 2.12. The molecule has 0 aliphatic rings. The second-order valence-electron chi connectivity index (χ2n) is 4.54. The molecule has 3 aromatic carbocycles. The third-order valence-electron chi connectivity index (χ3n) is 3.17. The summed E-state index contributed by atoms with van der Waals surface area (Å²) in [6.07, 6.45) is 0. The monoisotopic (exact) mass is 344 g/mol. The molecule has 3 heteroatoms. The number of rotatable bonds is 3. The van der Waals surface area contributed by atoms with Crippen LogP contribution in [0.15, 0.2) is 70.0 Å². The molecular weight excluding hydrogens is 332 g/mol. The minimum Gasteiger partial charge on any atom is -0.507 e. The summed E-state index contributed by atoms with van der Waals surface area (Å²) in [5.74, 6) is 1.26. The highest BCUT2D eigenvalue weighted by Gasteiger charge is 2.05. The first-order valence-corrected chi connectivity index (χ1v) is 8.10. The quantitative estimate of drug-likeness (QED) is 0.624. The van der Waals surface area contributed by atoms with Crippen molar-refractivity contribution >= 4 is 38.5 Å². The molecule has 0 radical (unpaired) electrons. The van der Waals surface area contributed by atoms with Gasteiger partial charge in [-0.3, -0.25) is 0 Å². The average Bonchev–Trinajstić information content (AvgIpc) is 2.49. The van der Waals surface area contributed by atoms with Crippen LogP contribution in [0.4, 0.5) is 0 Å². The maximum absolute atomic E-state index is 9.90. The van der Waals surface area contributed by atoms with Crippen molar-refractivity contribution in [1.29, 1.82) is 0 Å². The number of benzene rings is 3. The van der Waals surface area contributed by atoms with Gasteiger partial charge in [0.1, 0.15) is 5.75 Å². The van der Waals surface area contributed by atoms with Gasteiger partial charge >= 0.3 is 0 Å². The third-order valence-corrected chi connectivity index (χ3v) is 4.84. The first-order valence-electron chi connectivity index (χ1n) is 6.32. The second kappa shape index (κ2) is 5.90. The van der Waals surface area contributed by atoms with Crippen molar-refractivity contribution in [2.24, 2.45) is 0 Å². The van der Waals surface area contributed by atoms with Crippen LogP contribution in [-0.2, 0) is 5.75 Å². The van der Waals surface area contributed by atoms with Gasteiger partial charge in [-0.2, -0.15) is 0 Å². The van der Waals surface area contributed by atoms with Crippen LogP contribution in [0.1, 0.15) is 5.56 Å². The Morgan fingerprint density at radius 1 is 0.850 bits per heavy atom. The number of fused-ring (bicyclic) bond motifs is 1. The van der Waals surface area contributed by atoms with Crippen LogP contribution in [-0.4, -0.2) is 5.11 Å². The van der Waals surface area contributed by atoms with Gasteiger partial charge in [0.25, 0.3) is 0 Å². The normalized spacial score (nSPS) is 10.8. The summed E-state index contributed by atoms with van der Waals surface area (Å²) < 4.78 is 1.10. The summed E-state index contributed by atoms with van der Waals surface area (Å²) in [6, 6.07) is 20.1. The summed E-state index contributed by atoms with van der Waals surface area (Å²) in [5.41, 5.74) is 1.29. The fourth-order valence-corrected chi connectivity index (χ4v) is 3.40. The van der Waals surface area contributed by atoms with E-state index in [2.05, 4.69) is 46.3 Å². The van der Waals surface area contributed by atoms with E-state index >= 15 is 0 Å². The lowest BCUT2D eigenvalue weighted by atomic mass is 10.1. The Labute approximate surface area is 130 Å². The summed E-state index contributed by atoms with van der Waals surface area (Å²) in [4.78, 5) is 1.20. The lowest BCUT2D eigenvalue weighted by Gasteiger charge is -2.08. The molecule has 0 aliphatic carbocycles. The van der Waals surface area contributed by atoms with Crippen LogP contribution in [0.2, 0.25) is 0 Å². The highest BCUT2D eigenvalue weighted by Crippen LogP contribution is 2.34. The molecule has 0 aromatic heterocycles. The Bertz CT molecular complexity index is 738. The standard InChI is InChI=1S/C17H13BrOS/c18-13-7-5-12(6-8-13)11-20-17-10-9-16(19)14-3-1-2-4-15(14)17/h1-10,19H,11H2. The Kier molecular flexibility index (Phi) is 3.99. The van der Waals surface area contributed by atoms with Crippen molar-refractivity contribution in [3.05, 3.63) is 70.7 Å². The van der Waals surface area contributed by atoms with Crippen LogP contribution < -0.4 is 0 Å². The van der Waals surface area contributed by atoms with Gasteiger partial charge in [-0.05, 0) is 35.2 Å². The number of phenols is 1. The van der Waals surface area contributed by atoms with Gasteiger partial charge in [-0.25, -0.2) is 0 Å². The summed E-state index contributed by atoms with van der Waals surface area (Å²) in [5, 5.41) is 11.9. The van der Waals surface area contributed by atoms with Crippen LogP contribution in [0.3, 0.4) is 0 Å². The van der Waals surface area contributed by atoms with Gasteiger partial charge in [0.15, 0.2) is 0 Å². The van der Waals surface area contributed by atoms with Crippen LogP contribution in [0, 0.1) is 0 Å². The molecule has 0 heterocycles. The first-order chi connectivity index (χ1) is 9.74. The summed E-state index contributed by atoms with van der Waals surface area (Å²) in [6.45, 7) is 0. The Morgan fingerprint density at radius 3 is 2.30 bits per heavy atom. The molecule has 3 aromatic rings. The van der Waals surface area contributed by atoms with Crippen LogP contribution in [0.5, 0.6) is 5.75 Å². The Morgan fingerprint density at radius 2 is 1.55 bits per heavy atom. The molecule has 0 aliphatic heterocycles. The van der Waals surface area contributed by atoms with Gasteiger partial charge in [-0.1, -0.05) is 52.3 Å². The summed E-state index contributed by atoms with van der Waals surface area (Å²) >= 11 is 5.24. The molecule has 0 fully saturated rings.